The average Bonchev–Trinajstić information content (AvgIpc) is 2.93. The number of hydrogen-bond acceptors (Lipinski definition) is 6. The van der Waals surface area contributed by atoms with Crippen LogP contribution in [0.5, 0.6) is 0 Å². The van der Waals surface area contributed by atoms with Crippen LogP contribution in [-0.4, -0.2) is 87.6 Å². The van der Waals surface area contributed by atoms with E-state index < -0.39 is 53.6 Å². The van der Waals surface area contributed by atoms with E-state index in [0.29, 0.717) is 42.6 Å². The highest BCUT2D eigenvalue weighted by Crippen LogP contribution is 2.32. The second-order valence-corrected chi connectivity index (χ2v) is 10.1. The first kappa shape index (κ1) is 29.6. The Morgan fingerprint density at radius 2 is 1.77 bits per heavy atom. The first-order chi connectivity index (χ1) is 18.9. The summed E-state index contributed by atoms with van der Waals surface area (Å²) >= 11 is 0. The van der Waals surface area contributed by atoms with E-state index in [1.807, 2.05) is 17.0 Å². The van der Waals surface area contributed by atoms with Gasteiger partial charge in [-0.2, -0.15) is 13.2 Å². The summed E-state index contributed by atoms with van der Waals surface area (Å²) < 4.78 is 83.1. The van der Waals surface area contributed by atoms with Crippen molar-refractivity contribution in [3.63, 3.8) is 0 Å². The number of likely N-dealkylation sites (tertiary alicyclic amines) is 2. The number of nitrogens with one attached hydrogen (secondary N) is 1. The molecule has 0 saturated carbocycles. The lowest BCUT2D eigenvalue weighted by Gasteiger charge is -2.42. The first-order valence-electron chi connectivity index (χ1n) is 12.9. The van der Waals surface area contributed by atoms with E-state index in [4.69, 9.17) is 0 Å². The van der Waals surface area contributed by atoms with Gasteiger partial charge in [-0.1, -0.05) is 0 Å². The summed E-state index contributed by atoms with van der Waals surface area (Å²) in [7, 11) is 1.76. The maximum absolute atomic E-state index is 15.8. The zero-order chi connectivity index (χ0) is 29.1. The van der Waals surface area contributed by atoms with Crippen LogP contribution in [-0.2, 0) is 22.7 Å². The predicted molar refractivity (Wildman–Crippen MR) is 132 cm³/mol. The topological polar surface area (TPSA) is 81.7 Å². The molecule has 4 heterocycles. The Morgan fingerprint density at radius 1 is 1.10 bits per heavy atom. The van der Waals surface area contributed by atoms with E-state index in [1.54, 1.807) is 13.2 Å². The van der Waals surface area contributed by atoms with Gasteiger partial charge in [0.2, 0.25) is 0 Å². The number of hydrogen-bond donors (Lipinski definition) is 1. The standard InChI is InChI=1S/C26H30F6N6O2/c1-33-22-12-17(2-7-34-22)15-36-10-5-25(29,6-11-36)23(39)37-8-3-19(4-9-37)38(24(40)26(30,31)32)16-21-20(28)13-18(27)14-35-21/h2,7,12-14,19H,3-6,8-11,15-16H2,1H3,(H,33,34). The normalized spacial score (nSPS) is 18.4. The number of anilines is 1. The molecular formula is C26H30F6N6O2. The molecule has 2 saturated heterocycles. The fourth-order valence-corrected chi connectivity index (χ4v) is 5.16. The molecule has 0 spiro atoms. The average molecular weight is 573 g/mol. The van der Waals surface area contributed by atoms with Crippen molar-refractivity contribution in [2.75, 3.05) is 38.5 Å². The van der Waals surface area contributed by atoms with Crippen molar-refractivity contribution in [2.45, 2.75) is 56.7 Å². The highest BCUT2D eigenvalue weighted by atomic mass is 19.4. The molecule has 0 atom stereocenters. The number of pyridine rings is 2. The molecule has 0 aliphatic carbocycles. The number of alkyl halides is 4. The third-order valence-corrected chi connectivity index (χ3v) is 7.42. The fourth-order valence-electron chi connectivity index (χ4n) is 5.16. The van der Waals surface area contributed by atoms with Crippen LogP contribution in [0.15, 0.2) is 30.6 Å². The van der Waals surface area contributed by atoms with Crippen molar-refractivity contribution in [3.05, 3.63) is 53.5 Å². The Labute approximate surface area is 227 Å². The van der Waals surface area contributed by atoms with Gasteiger partial charge in [-0.05, 0) is 30.5 Å². The lowest BCUT2D eigenvalue weighted by Crippen LogP contribution is -2.56. The van der Waals surface area contributed by atoms with Crippen LogP contribution in [0.25, 0.3) is 0 Å². The van der Waals surface area contributed by atoms with E-state index >= 15 is 4.39 Å². The van der Waals surface area contributed by atoms with E-state index in [2.05, 4.69) is 15.3 Å². The third kappa shape index (κ3) is 6.83. The smallest absolute Gasteiger partial charge is 0.373 e. The van der Waals surface area contributed by atoms with E-state index in [0.717, 1.165) is 5.56 Å². The maximum Gasteiger partial charge on any atom is 0.471 e. The van der Waals surface area contributed by atoms with E-state index in [9.17, 15) is 31.5 Å². The van der Waals surface area contributed by atoms with Gasteiger partial charge in [0.1, 0.15) is 17.5 Å². The summed E-state index contributed by atoms with van der Waals surface area (Å²) in [4.78, 5) is 36.7. The molecule has 2 aliphatic heterocycles. The first-order valence-corrected chi connectivity index (χ1v) is 12.9. The van der Waals surface area contributed by atoms with Crippen molar-refractivity contribution in [1.29, 1.82) is 0 Å². The molecule has 4 rings (SSSR count). The minimum atomic E-state index is -5.23. The Kier molecular flexibility index (Phi) is 8.86. The molecule has 2 aliphatic rings. The van der Waals surface area contributed by atoms with Crippen LogP contribution in [0.4, 0.5) is 32.2 Å². The van der Waals surface area contributed by atoms with Crippen LogP contribution < -0.4 is 5.32 Å². The summed E-state index contributed by atoms with van der Waals surface area (Å²) in [5.74, 6) is -4.37. The number of aromatic nitrogens is 2. The highest BCUT2D eigenvalue weighted by molar-refractivity contribution is 5.85. The van der Waals surface area contributed by atoms with Crippen LogP contribution in [0.1, 0.15) is 36.9 Å². The number of carbonyl (C=O) groups is 2. The van der Waals surface area contributed by atoms with Crippen LogP contribution in [0.3, 0.4) is 0 Å². The van der Waals surface area contributed by atoms with Crippen molar-refractivity contribution in [1.82, 2.24) is 24.7 Å². The molecule has 2 aromatic heterocycles. The number of rotatable bonds is 7. The second kappa shape index (κ2) is 12.0. The number of nitrogens with zero attached hydrogens (tertiary/aromatic N) is 5. The second-order valence-electron chi connectivity index (χ2n) is 10.1. The summed E-state index contributed by atoms with van der Waals surface area (Å²) in [5, 5.41) is 2.96. The summed E-state index contributed by atoms with van der Waals surface area (Å²) in [5.41, 5.74) is -1.62. The SMILES string of the molecule is CNc1cc(CN2CCC(F)(C(=O)N3CCC(N(Cc4ncc(F)cc4F)C(=O)C(F)(F)F)CC3)CC2)ccn1. The number of piperidine rings is 2. The molecule has 0 bridgehead atoms. The molecule has 14 heteroatoms. The summed E-state index contributed by atoms with van der Waals surface area (Å²) in [6.45, 7) is 0.312. The van der Waals surface area contributed by atoms with Gasteiger partial charge in [0.15, 0.2) is 5.67 Å². The van der Waals surface area contributed by atoms with Crippen molar-refractivity contribution in [2.24, 2.45) is 0 Å². The molecule has 8 nitrogen and oxygen atoms in total. The molecule has 0 radical (unpaired) electrons. The van der Waals surface area contributed by atoms with Gasteiger partial charge in [-0.25, -0.2) is 18.2 Å². The number of carbonyl (C=O) groups excluding carboxylic acids is 2. The Morgan fingerprint density at radius 3 is 2.38 bits per heavy atom. The number of amides is 2. The molecule has 1 N–H and O–H groups in total. The maximum atomic E-state index is 15.8. The van der Waals surface area contributed by atoms with Gasteiger partial charge in [0, 0.05) is 70.9 Å². The zero-order valence-corrected chi connectivity index (χ0v) is 21.9. The summed E-state index contributed by atoms with van der Waals surface area (Å²) in [6.07, 6.45) is -3.07. The van der Waals surface area contributed by atoms with Crippen LogP contribution in [0.2, 0.25) is 0 Å². The minimum absolute atomic E-state index is 0.0239. The monoisotopic (exact) mass is 572 g/mol. The Hall–Kier alpha value is -3.42. The molecule has 2 fully saturated rings. The van der Waals surface area contributed by atoms with Crippen LogP contribution >= 0.6 is 0 Å². The van der Waals surface area contributed by atoms with E-state index in [-0.39, 0.29) is 38.8 Å². The predicted octanol–water partition coefficient (Wildman–Crippen LogP) is 3.68. The highest BCUT2D eigenvalue weighted by Gasteiger charge is 2.48. The van der Waals surface area contributed by atoms with Gasteiger partial charge in [0.05, 0.1) is 18.4 Å². The van der Waals surface area contributed by atoms with Gasteiger partial charge in [-0.3, -0.25) is 19.5 Å². The van der Waals surface area contributed by atoms with Gasteiger partial charge < -0.3 is 15.1 Å². The molecule has 2 aromatic rings. The largest absolute Gasteiger partial charge is 0.471 e. The quantitative estimate of drug-likeness (QED) is 0.510. The van der Waals surface area contributed by atoms with Crippen molar-refractivity contribution < 1.29 is 35.9 Å². The molecule has 218 valence electrons. The minimum Gasteiger partial charge on any atom is -0.373 e. The fraction of sp³-hybridized carbons (Fsp3) is 0.538. The van der Waals surface area contributed by atoms with Crippen molar-refractivity contribution >= 4 is 17.6 Å². The van der Waals surface area contributed by atoms with Gasteiger partial charge >= 0.3 is 12.1 Å². The van der Waals surface area contributed by atoms with Gasteiger partial charge in [-0.15, -0.1) is 0 Å². The lowest BCUT2D eigenvalue weighted by molar-refractivity contribution is -0.189. The lowest BCUT2D eigenvalue weighted by atomic mass is 9.90. The van der Waals surface area contributed by atoms with Gasteiger partial charge in [0.25, 0.3) is 5.91 Å². The zero-order valence-electron chi connectivity index (χ0n) is 21.9. The third-order valence-electron chi connectivity index (χ3n) is 7.42. The van der Waals surface area contributed by atoms with E-state index in [1.165, 1.54) is 4.90 Å². The summed E-state index contributed by atoms with van der Waals surface area (Å²) in [6, 6.07) is 3.23. The number of halogens is 6. The van der Waals surface area contributed by atoms with Crippen molar-refractivity contribution in [3.8, 4) is 0 Å². The molecular weight excluding hydrogens is 542 g/mol. The Bertz CT molecular complexity index is 1210. The Balaban J connectivity index is 1.36. The molecule has 2 amide bonds. The molecule has 40 heavy (non-hydrogen) atoms. The van der Waals surface area contributed by atoms with Crippen LogP contribution in [0, 0.1) is 11.6 Å². The molecule has 0 unspecified atom stereocenters. The molecule has 0 aromatic carbocycles.